The number of hydrogen-bond donors (Lipinski definition) is 1. The van der Waals surface area contributed by atoms with Crippen molar-refractivity contribution in [3.05, 3.63) is 56.9 Å². The summed E-state index contributed by atoms with van der Waals surface area (Å²) >= 11 is 18.2. The Hall–Kier alpha value is -1.33. The van der Waals surface area contributed by atoms with Gasteiger partial charge >= 0.3 is 0 Å². The van der Waals surface area contributed by atoms with Crippen LogP contribution in [-0.2, 0) is 13.0 Å². The fraction of sp³-hybridized carbons (Fsp3) is 0.368. The molecule has 136 valence electrons. The van der Waals surface area contributed by atoms with Crippen LogP contribution in [0.15, 0.2) is 30.3 Å². The van der Waals surface area contributed by atoms with Gasteiger partial charge in [0.1, 0.15) is 11.0 Å². The standard InChI is InChI=1S/C19H19Cl3N4/c20-14-6-13(7-15(21)9-14)11-26-5-1-2-12(10-26)8-18-23-16-3-4-17(22)24-19(16)25-18/h3-4,6-7,9,12H,1-2,5,8,10-11H2,(H,23,24,25). The first-order valence-electron chi connectivity index (χ1n) is 8.73. The molecule has 3 heterocycles. The molecule has 0 amide bonds. The van der Waals surface area contributed by atoms with Gasteiger partial charge in [-0.1, -0.05) is 34.8 Å². The normalized spacial score (nSPS) is 18.5. The molecule has 1 unspecified atom stereocenters. The van der Waals surface area contributed by atoms with E-state index in [1.807, 2.05) is 18.2 Å². The Morgan fingerprint density at radius 1 is 1.08 bits per heavy atom. The Bertz CT molecular complexity index is 904. The number of H-pyrrole nitrogens is 1. The third-order valence-electron chi connectivity index (χ3n) is 4.77. The van der Waals surface area contributed by atoms with Crippen molar-refractivity contribution in [1.82, 2.24) is 19.9 Å². The van der Waals surface area contributed by atoms with Crippen molar-refractivity contribution in [3.63, 3.8) is 0 Å². The molecular formula is C19H19Cl3N4. The summed E-state index contributed by atoms with van der Waals surface area (Å²) in [7, 11) is 0. The fourth-order valence-corrected chi connectivity index (χ4v) is 4.43. The van der Waals surface area contributed by atoms with Crippen molar-refractivity contribution in [2.24, 2.45) is 5.92 Å². The Labute approximate surface area is 167 Å². The van der Waals surface area contributed by atoms with Crippen molar-refractivity contribution in [1.29, 1.82) is 0 Å². The first-order chi connectivity index (χ1) is 12.5. The zero-order valence-electron chi connectivity index (χ0n) is 14.2. The van der Waals surface area contributed by atoms with E-state index in [2.05, 4.69) is 19.9 Å². The van der Waals surface area contributed by atoms with Crippen LogP contribution in [0, 0.1) is 5.92 Å². The second-order valence-corrected chi connectivity index (χ2v) is 8.17. The summed E-state index contributed by atoms with van der Waals surface area (Å²) in [5.41, 5.74) is 2.78. The molecule has 0 aliphatic carbocycles. The number of aromatic amines is 1. The summed E-state index contributed by atoms with van der Waals surface area (Å²) in [5, 5.41) is 1.85. The van der Waals surface area contributed by atoms with Crippen molar-refractivity contribution >= 4 is 46.0 Å². The zero-order chi connectivity index (χ0) is 18.1. The number of benzene rings is 1. The van der Waals surface area contributed by atoms with Crippen molar-refractivity contribution in [3.8, 4) is 0 Å². The van der Waals surface area contributed by atoms with E-state index in [0.717, 1.165) is 43.0 Å². The molecule has 0 saturated carbocycles. The summed E-state index contributed by atoms with van der Waals surface area (Å²) in [6.45, 7) is 3.00. The van der Waals surface area contributed by atoms with Crippen LogP contribution in [0.25, 0.3) is 11.2 Å². The number of nitrogens with zero attached hydrogens (tertiary/aromatic N) is 3. The second kappa shape index (κ2) is 7.73. The van der Waals surface area contributed by atoms with E-state index in [9.17, 15) is 0 Å². The average molecular weight is 410 g/mol. The lowest BCUT2D eigenvalue weighted by atomic mass is 9.94. The molecule has 1 aliphatic heterocycles. The van der Waals surface area contributed by atoms with E-state index in [-0.39, 0.29) is 0 Å². The van der Waals surface area contributed by atoms with E-state index in [0.29, 0.717) is 26.8 Å². The third-order valence-corrected chi connectivity index (χ3v) is 5.42. The van der Waals surface area contributed by atoms with E-state index in [4.69, 9.17) is 34.8 Å². The van der Waals surface area contributed by atoms with Gasteiger partial charge in [0.25, 0.3) is 0 Å². The van der Waals surface area contributed by atoms with Crippen molar-refractivity contribution in [2.45, 2.75) is 25.8 Å². The lowest BCUT2D eigenvalue weighted by Gasteiger charge is -2.32. The number of fused-ring (bicyclic) bond motifs is 1. The first-order valence-corrected chi connectivity index (χ1v) is 9.87. The number of aromatic nitrogens is 3. The van der Waals surface area contributed by atoms with Crippen LogP contribution in [0.4, 0.5) is 0 Å². The summed E-state index contributed by atoms with van der Waals surface area (Å²) in [4.78, 5) is 14.7. The molecule has 2 aromatic heterocycles. The molecule has 7 heteroatoms. The van der Waals surface area contributed by atoms with E-state index < -0.39 is 0 Å². The van der Waals surface area contributed by atoms with Crippen molar-refractivity contribution in [2.75, 3.05) is 13.1 Å². The topological polar surface area (TPSA) is 44.8 Å². The minimum Gasteiger partial charge on any atom is -0.341 e. The molecule has 1 saturated heterocycles. The molecule has 0 radical (unpaired) electrons. The summed E-state index contributed by atoms with van der Waals surface area (Å²) in [6, 6.07) is 9.46. The summed E-state index contributed by atoms with van der Waals surface area (Å²) in [6.07, 6.45) is 3.31. The highest BCUT2D eigenvalue weighted by atomic mass is 35.5. The van der Waals surface area contributed by atoms with Gasteiger partial charge in [-0.05, 0) is 61.2 Å². The highest BCUT2D eigenvalue weighted by Gasteiger charge is 2.22. The molecule has 1 N–H and O–H groups in total. The Balaban J connectivity index is 1.42. The van der Waals surface area contributed by atoms with Gasteiger partial charge in [0.15, 0.2) is 5.65 Å². The van der Waals surface area contributed by atoms with Gasteiger partial charge in [-0.3, -0.25) is 4.90 Å². The van der Waals surface area contributed by atoms with Crippen LogP contribution >= 0.6 is 34.8 Å². The SMILES string of the molecule is Clc1cc(Cl)cc(CN2CCCC(Cc3nc4nc(Cl)ccc4[nH]3)C2)c1. The number of pyridine rings is 1. The second-order valence-electron chi connectivity index (χ2n) is 6.91. The number of rotatable bonds is 4. The number of nitrogens with one attached hydrogen (secondary N) is 1. The predicted molar refractivity (Wildman–Crippen MR) is 107 cm³/mol. The largest absolute Gasteiger partial charge is 0.341 e. The molecule has 0 spiro atoms. The van der Waals surface area contributed by atoms with Gasteiger partial charge in [0, 0.05) is 29.6 Å². The fourth-order valence-electron chi connectivity index (χ4n) is 3.71. The molecule has 1 aromatic carbocycles. The number of hydrogen-bond acceptors (Lipinski definition) is 3. The molecule has 1 aliphatic rings. The number of imidazole rings is 1. The molecule has 0 bridgehead atoms. The number of halogens is 3. The van der Waals surface area contributed by atoms with Crippen LogP contribution < -0.4 is 0 Å². The van der Waals surface area contributed by atoms with Crippen molar-refractivity contribution < 1.29 is 0 Å². The van der Waals surface area contributed by atoms with E-state index >= 15 is 0 Å². The van der Waals surface area contributed by atoms with Crippen LogP contribution in [0.2, 0.25) is 15.2 Å². The molecule has 3 aromatic rings. The van der Waals surface area contributed by atoms with Gasteiger partial charge in [-0.2, -0.15) is 0 Å². The van der Waals surface area contributed by atoms with Gasteiger partial charge in [0.05, 0.1) is 5.52 Å². The lowest BCUT2D eigenvalue weighted by Crippen LogP contribution is -2.35. The minimum atomic E-state index is 0.472. The predicted octanol–water partition coefficient (Wildman–Crippen LogP) is 5.37. The average Bonchev–Trinajstić information content (AvgIpc) is 2.95. The third kappa shape index (κ3) is 4.32. The Morgan fingerprint density at radius 3 is 2.69 bits per heavy atom. The Kier molecular flexibility index (Phi) is 5.37. The van der Waals surface area contributed by atoms with Crippen LogP contribution in [-0.4, -0.2) is 32.9 Å². The zero-order valence-corrected chi connectivity index (χ0v) is 16.5. The van der Waals surface area contributed by atoms with Gasteiger partial charge < -0.3 is 4.98 Å². The maximum Gasteiger partial charge on any atom is 0.179 e. The first kappa shape index (κ1) is 18.1. The highest BCUT2D eigenvalue weighted by Crippen LogP contribution is 2.25. The van der Waals surface area contributed by atoms with Gasteiger partial charge in [-0.25, -0.2) is 9.97 Å². The number of likely N-dealkylation sites (tertiary alicyclic amines) is 1. The van der Waals surface area contributed by atoms with Gasteiger partial charge in [0.2, 0.25) is 0 Å². The monoisotopic (exact) mass is 408 g/mol. The molecule has 4 rings (SSSR count). The smallest absolute Gasteiger partial charge is 0.179 e. The summed E-state index contributed by atoms with van der Waals surface area (Å²) < 4.78 is 0. The summed E-state index contributed by atoms with van der Waals surface area (Å²) in [5.74, 6) is 1.54. The van der Waals surface area contributed by atoms with Crippen LogP contribution in [0.1, 0.15) is 24.2 Å². The molecular weight excluding hydrogens is 391 g/mol. The van der Waals surface area contributed by atoms with E-state index in [1.165, 1.54) is 12.8 Å². The number of piperidine rings is 1. The molecule has 26 heavy (non-hydrogen) atoms. The minimum absolute atomic E-state index is 0.472. The van der Waals surface area contributed by atoms with Crippen LogP contribution in [0.3, 0.4) is 0 Å². The maximum atomic E-state index is 6.12. The molecule has 1 fully saturated rings. The molecule has 4 nitrogen and oxygen atoms in total. The Morgan fingerprint density at radius 2 is 1.88 bits per heavy atom. The van der Waals surface area contributed by atoms with Crippen LogP contribution in [0.5, 0.6) is 0 Å². The lowest BCUT2D eigenvalue weighted by molar-refractivity contribution is 0.166. The molecule has 1 atom stereocenters. The van der Waals surface area contributed by atoms with Gasteiger partial charge in [-0.15, -0.1) is 0 Å². The van der Waals surface area contributed by atoms with E-state index in [1.54, 1.807) is 12.1 Å². The maximum absolute atomic E-state index is 6.12. The highest BCUT2D eigenvalue weighted by molar-refractivity contribution is 6.34. The quantitative estimate of drug-likeness (QED) is 0.589.